The van der Waals surface area contributed by atoms with Crippen LogP contribution in [0.1, 0.15) is 45.4 Å². The highest BCUT2D eigenvalue weighted by Gasteiger charge is 2.35. The standard InChI is InChI=1S/C11H24N2O2S/c1-2-11(6-5-7-11)10-13-16(14,15)9-4-3-8-12/h13H,2-10,12H2,1H3. The lowest BCUT2D eigenvalue weighted by Crippen LogP contribution is -2.42. The average molecular weight is 248 g/mol. The van der Waals surface area contributed by atoms with E-state index in [0.29, 0.717) is 19.5 Å². The van der Waals surface area contributed by atoms with Gasteiger partial charge in [-0.2, -0.15) is 0 Å². The second kappa shape index (κ2) is 5.98. The van der Waals surface area contributed by atoms with Crippen LogP contribution in [0.2, 0.25) is 0 Å². The molecule has 3 N–H and O–H groups in total. The van der Waals surface area contributed by atoms with E-state index in [2.05, 4.69) is 11.6 Å². The quantitative estimate of drug-likeness (QED) is 0.635. The SMILES string of the molecule is CCC1(CNS(=O)(=O)CCCCN)CCC1. The molecule has 0 saturated heterocycles. The van der Waals surface area contributed by atoms with E-state index in [1.165, 1.54) is 6.42 Å². The summed E-state index contributed by atoms with van der Waals surface area (Å²) >= 11 is 0. The van der Waals surface area contributed by atoms with Crippen molar-refractivity contribution in [3.63, 3.8) is 0 Å². The lowest BCUT2D eigenvalue weighted by molar-refractivity contribution is 0.133. The van der Waals surface area contributed by atoms with Crippen molar-refractivity contribution in [2.24, 2.45) is 11.1 Å². The summed E-state index contributed by atoms with van der Waals surface area (Å²) in [4.78, 5) is 0. The van der Waals surface area contributed by atoms with Crippen molar-refractivity contribution in [3.05, 3.63) is 0 Å². The molecule has 0 bridgehead atoms. The summed E-state index contributed by atoms with van der Waals surface area (Å²) in [7, 11) is -3.08. The van der Waals surface area contributed by atoms with Gasteiger partial charge in [0.2, 0.25) is 10.0 Å². The average Bonchev–Trinajstić information content (AvgIpc) is 2.17. The van der Waals surface area contributed by atoms with Gasteiger partial charge in [-0.05, 0) is 44.1 Å². The topological polar surface area (TPSA) is 72.2 Å². The van der Waals surface area contributed by atoms with Crippen LogP contribution in [-0.2, 0) is 10.0 Å². The predicted octanol–water partition coefficient (Wildman–Crippen LogP) is 1.22. The van der Waals surface area contributed by atoms with Crippen LogP contribution in [0.15, 0.2) is 0 Å². The van der Waals surface area contributed by atoms with Gasteiger partial charge in [-0.15, -0.1) is 0 Å². The maximum absolute atomic E-state index is 11.7. The third-order valence-corrected chi connectivity index (χ3v) is 5.11. The summed E-state index contributed by atoms with van der Waals surface area (Å²) < 4.78 is 26.1. The minimum Gasteiger partial charge on any atom is -0.330 e. The highest BCUT2D eigenvalue weighted by Crippen LogP contribution is 2.43. The van der Waals surface area contributed by atoms with Crippen molar-refractivity contribution in [3.8, 4) is 0 Å². The molecule has 1 aliphatic rings. The van der Waals surface area contributed by atoms with Crippen molar-refractivity contribution >= 4 is 10.0 Å². The number of hydrogen-bond donors (Lipinski definition) is 2. The smallest absolute Gasteiger partial charge is 0.211 e. The Hall–Kier alpha value is -0.130. The number of nitrogens with two attached hydrogens (primary N) is 1. The van der Waals surface area contributed by atoms with Crippen LogP contribution in [0.5, 0.6) is 0 Å². The molecule has 0 aromatic rings. The van der Waals surface area contributed by atoms with Crippen LogP contribution in [0.4, 0.5) is 0 Å². The van der Waals surface area contributed by atoms with E-state index >= 15 is 0 Å². The molecular formula is C11H24N2O2S. The van der Waals surface area contributed by atoms with Crippen LogP contribution in [0, 0.1) is 5.41 Å². The van der Waals surface area contributed by atoms with Crippen molar-refractivity contribution in [1.29, 1.82) is 0 Å². The van der Waals surface area contributed by atoms with E-state index in [4.69, 9.17) is 5.73 Å². The summed E-state index contributed by atoms with van der Waals surface area (Å²) in [6.45, 7) is 3.32. The Balaban J connectivity index is 2.30. The van der Waals surface area contributed by atoms with Crippen molar-refractivity contribution in [2.45, 2.75) is 45.4 Å². The summed E-state index contributed by atoms with van der Waals surface area (Å²) in [5.41, 5.74) is 5.59. The lowest BCUT2D eigenvalue weighted by Gasteiger charge is -2.41. The number of unbranched alkanes of at least 4 members (excludes halogenated alkanes) is 1. The molecule has 1 saturated carbocycles. The molecule has 96 valence electrons. The fraction of sp³-hybridized carbons (Fsp3) is 1.00. The van der Waals surface area contributed by atoms with Crippen molar-refractivity contribution < 1.29 is 8.42 Å². The molecular weight excluding hydrogens is 224 g/mol. The van der Waals surface area contributed by atoms with Gasteiger partial charge in [0.1, 0.15) is 0 Å². The Morgan fingerprint density at radius 2 is 2.00 bits per heavy atom. The third kappa shape index (κ3) is 4.03. The first-order valence-electron chi connectivity index (χ1n) is 6.21. The van der Waals surface area contributed by atoms with Crippen LogP contribution in [-0.4, -0.2) is 27.3 Å². The molecule has 0 atom stereocenters. The Kier molecular flexibility index (Phi) is 5.21. The molecule has 5 heteroatoms. The zero-order valence-corrected chi connectivity index (χ0v) is 11.0. The van der Waals surface area contributed by atoms with Crippen molar-refractivity contribution in [1.82, 2.24) is 4.72 Å². The zero-order chi connectivity index (χ0) is 12.1. The molecule has 16 heavy (non-hydrogen) atoms. The normalized spacial score (nSPS) is 19.4. The van der Waals surface area contributed by atoms with E-state index in [-0.39, 0.29) is 11.2 Å². The van der Waals surface area contributed by atoms with Crippen LogP contribution >= 0.6 is 0 Å². The first kappa shape index (κ1) is 13.9. The molecule has 0 radical (unpaired) electrons. The molecule has 0 unspecified atom stereocenters. The van der Waals surface area contributed by atoms with Gasteiger partial charge in [-0.1, -0.05) is 13.3 Å². The van der Waals surface area contributed by atoms with Gasteiger partial charge in [0, 0.05) is 6.54 Å². The monoisotopic (exact) mass is 248 g/mol. The van der Waals surface area contributed by atoms with Gasteiger partial charge in [0.25, 0.3) is 0 Å². The number of nitrogens with one attached hydrogen (secondary N) is 1. The van der Waals surface area contributed by atoms with Crippen LogP contribution in [0.3, 0.4) is 0 Å². The first-order chi connectivity index (χ1) is 7.54. The van der Waals surface area contributed by atoms with Gasteiger partial charge in [-0.25, -0.2) is 13.1 Å². The predicted molar refractivity (Wildman–Crippen MR) is 66.7 cm³/mol. The molecule has 1 fully saturated rings. The third-order valence-electron chi connectivity index (χ3n) is 3.70. The molecule has 0 aromatic heterocycles. The summed E-state index contributed by atoms with van der Waals surface area (Å²) in [5, 5.41) is 0. The molecule has 0 aromatic carbocycles. The first-order valence-corrected chi connectivity index (χ1v) is 7.86. The van der Waals surface area contributed by atoms with Gasteiger partial charge in [-0.3, -0.25) is 0 Å². The molecule has 0 aliphatic heterocycles. The number of rotatable bonds is 8. The lowest BCUT2D eigenvalue weighted by atomic mass is 9.67. The maximum Gasteiger partial charge on any atom is 0.211 e. The Labute approximate surface area is 99.0 Å². The van der Waals surface area contributed by atoms with E-state index in [1.807, 2.05) is 0 Å². The molecule has 0 spiro atoms. The number of hydrogen-bond acceptors (Lipinski definition) is 3. The number of sulfonamides is 1. The second-order valence-electron chi connectivity index (χ2n) is 4.84. The molecule has 0 amide bonds. The van der Waals surface area contributed by atoms with Crippen LogP contribution < -0.4 is 10.5 Å². The van der Waals surface area contributed by atoms with E-state index < -0.39 is 10.0 Å². The van der Waals surface area contributed by atoms with Crippen molar-refractivity contribution in [2.75, 3.05) is 18.8 Å². The van der Waals surface area contributed by atoms with Crippen LogP contribution in [0.25, 0.3) is 0 Å². The molecule has 0 heterocycles. The largest absolute Gasteiger partial charge is 0.330 e. The molecule has 1 aliphatic carbocycles. The summed E-state index contributed by atoms with van der Waals surface area (Å²) in [5.74, 6) is 0.212. The van der Waals surface area contributed by atoms with Gasteiger partial charge >= 0.3 is 0 Å². The Morgan fingerprint density at radius 3 is 2.44 bits per heavy atom. The van der Waals surface area contributed by atoms with Gasteiger partial charge < -0.3 is 5.73 Å². The maximum atomic E-state index is 11.7. The van der Waals surface area contributed by atoms with E-state index in [1.54, 1.807) is 0 Å². The summed E-state index contributed by atoms with van der Waals surface area (Å²) in [6.07, 6.45) is 6.06. The second-order valence-corrected chi connectivity index (χ2v) is 6.77. The molecule has 1 rings (SSSR count). The fourth-order valence-corrected chi connectivity index (χ4v) is 3.36. The minimum absolute atomic E-state index is 0.212. The van der Waals surface area contributed by atoms with E-state index in [0.717, 1.165) is 25.7 Å². The van der Waals surface area contributed by atoms with Gasteiger partial charge in [0.15, 0.2) is 0 Å². The summed E-state index contributed by atoms with van der Waals surface area (Å²) in [6, 6.07) is 0. The van der Waals surface area contributed by atoms with E-state index in [9.17, 15) is 8.42 Å². The Bertz CT molecular complexity index is 292. The Morgan fingerprint density at radius 1 is 1.31 bits per heavy atom. The molecule has 4 nitrogen and oxygen atoms in total. The minimum atomic E-state index is -3.08. The highest BCUT2D eigenvalue weighted by atomic mass is 32.2. The fourth-order valence-electron chi connectivity index (χ4n) is 2.10. The van der Waals surface area contributed by atoms with Gasteiger partial charge in [0.05, 0.1) is 5.75 Å². The highest BCUT2D eigenvalue weighted by molar-refractivity contribution is 7.89. The zero-order valence-electron chi connectivity index (χ0n) is 10.2.